The molecule has 0 aliphatic carbocycles. The van der Waals surface area contributed by atoms with E-state index in [9.17, 15) is 0 Å². The quantitative estimate of drug-likeness (QED) is 0.888. The molecule has 4 nitrogen and oxygen atoms in total. The maximum Gasteiger partial charge on any atom is 0.120 e. The van der Waals surface area contributed by atoms with Crippen molar-refractivity contribution in [3.8, 4) is 5.75 Å². The van der Waals surface area contributed by atoms with Gasteiger partial charge in [-0.15, -0.1) is 0 Å². The van der Waals surface area contributed by atoms with Crippen LogP contribution in [-0.4, -0.2) is 22.4 Å². The summed E-state index contributed by atoms with van der Waals surface area (Å²) in [5.41, 5.74) is 1.16. The van der Waals surface area contributed by atoms with Crippen LogP contribution in [-0.2, 0) is 13.6 Å². The number of nitrogens with one attached hydrogen (secondary N) is 1. The Labute approximate surface area is 121 Å². The fraction of sp³-hybridized carbons (Fsp3) is 0.357. The second-order valence-electron chi connectivity index (χ2n) is 4.46. The van der Waals surface area contributed by atoms with E-state index < -0.39 is 0 Å². The Hall–Kier alpha value is -1.33. The van der Waals surface area contributed by atoms with Crippen molar-refractivity contribution in [2.75, 3.05) is 6.54 Å². The predicted octanol–water partition coefficient (Wildman–Crippen LogP) is 2.74. The second-order valence-corrected chi connectivity index (χ2v) is 5.38. The van der Waals surface area contributed by atoms with Gasteiger partial charge in [-0.1, -0.05) is 22.0 Å². The van der Waals surface area contributed by atoms with Crippen molar-refractivity contribution in [1.82, 2.24) is 15.1 Å². The van der Waals surface area contributed by atoms with Gasteiger partial charge < -0.3 is 10.1 Å². The highest BCUT2D eigenvalue weighted by molar-refractivity contribution is 9.10. The topological polar surface area (TPSA) is 39.1 Å². The zero-order chi connectivity index (χ0) is 13.7. The van der Waals surface area contributed by atoms with Gasteiger partial charge in [-0.05, 0) is 31.2 Å². The van der Waals surface area contributed by atoms with Crippen molar-refractivity contribution in [2.24, 2.45) is 7.05 Å². The maximum atomic E-state index is 5.83. The lowest BCUT2D eigenvalue weighted by molar-refractivity contribution is 0.216. The summed E-state index contributed by atoms with van der Waals surface area (Å²) in [6.45, 7) is 3.64. The summed E-state index contributed by atoms with van der Waals surface area (Å²) < 4.78 is 8.73. The lowest BCUT2D eigenvalue weighted by Crippen LogP contribution is -2.29. The van der Waals surface area contributed by atoms with E-state index in [1.54, 1.807) is 6.20 Å². The Kier molecular flexibility index (Phi) is 4.99. The molecule has 0 aliphatic rings. The Morgan fingerprint density at radius 3 is 2.95 bits per heavy atom. The third kappa shape index (κ3) is 4.36. The van der Waals surface area contributed by atoms with Crippen LogP contribution in [0.3, 0.4) is 0 Å². The van der Waals surface area contributed by atoms with E-state index in [0.29, 0.717) is 0 Å². The van der Waals surface area contributed by atoms with Crippen LogP contribution in [0.25, 0.3) is 0 Å². The molecule has 1 aromatic carbocycles. The lowest BCUT2D eigenvalue weighted by Gasteiger charge is -2.15. The molecule has 1 N–H and O–H groups in total. The number of hydrogen-bond acceptors (Lipinski definition) is 3. The van der Waals surface area contributed by atoms with E-state index in [0.717, 1.165) is 29.0 Å². The third-order valence-corrected chi connectivity index (χ3v) is 3.29. The second kappa shape index (κ2) is 6.73. The van der Waals surface area contributed by atoms with Crippen LogP contribution in [0, 0.1) is 0 Å². The molecule has 0 fully saturated rings. The van der Waals surface area contributed by atoms with Crippen molar-refractivity contribution >= 4 is 15.9 Å². The van der Waals surface area contributed by atoms with Gasteiger partial charge in [0.25, 0.3) is 0 Å². The molecule has 1 heterocycles. The first-order chi connectivity index (χ1) is 9.15. The molecule has 1 aromatic heterocycles. The van der Waals surface area contributed by atoms with Gasteiger partial charge in [-0.25, -0.2) is 0 Å². The molecular formula is C14H18BrN3O. The van der Waals surface area contributed by atoms with Gasteiger partial charge in [0, 0.05) is 30.8 Å². The zero-order valence-electron chi connectivity index (χ0n) is 11.1. The highest BCUT2D eigenvalue weighted by Crippen LogP contribution is 2.18. The SMILES string of the molecule is C[C@H](CNCc1ccnn1C)Oc1cccc(Br)c1. The molecule has 0 saturated heterocycles. The molecule has 0 unspecified atom stereocenters. The van der Waals surface area contributed by atoms with E-state index >= 15 is 0 Å². The monoisotopic (exact) mass is 323 g/mol. The molecule has 0 radical (unpaired) electrons. The Morgan fingerprint density at radius 1 is 1.42 bits per heavy atom. The summed E-state index contributed by atoms with van der Waals surface area (Å²) in [6, 6.07) is 9.89. The molecule has 0 bridgehead atoms. The summed E-state index contributed by atoms with van der Waals surface area (Å²) in [6.07, 6.45) is 1.92. The van der Waals surface area contributed by atoms with Gasteiger partial charge in [0.15, 0.2) is 0 Å². The zero-order valence-corrected chi connectivity index (χ0v) is 12.7. The van der Waals surface area contributed by atoms with E-state index in [1.807, 2.05) is 42.1 Å². The number of ether oxygens (including phenoxy) is 1. The minimum atomic E-state index is 0.113. The Balaban J connectivity index is 1.76. The number of hydrogen-bond donors (Lipinski definition) is 1. The van der Waals surface area contributed by atoms with Crippen molar-refractivity contribution in [2.45, 2.75) is 19.6 Å². The fourth-order valence-corrected chi connectivity index (χ4v) is 2.17. The van der Waals surface area contributed by atoms with E-state index in [-0.39, 0.29) is 6.10 Å². The van der Waals surface area contributed by atoms with Gasteiger partial charge in [-0.2, -0.15) is 5.10 Å². The number of aryl methyl sites for hydroxylation is 1. The summed E-state index contributed by atoms with van der Waals surface area (Å²) in [4.78, 5) is 0. The number of aromatic nitrogens is 2. The van der Waals surface area contributed by atoms with Crippen LogP contribution >= 0.6 is 15.9 Å². The normalized spacial score (nSPS) is 12.4. The molecule has 0 aliphatic heterocycles. The average Bonchev–Trinajstić information content (AvgIpc) is 2.75. The highest BCUT2D eigenvalue weighted by Gasteiger charge is 2.05. The van der Waals surface area contributed by atoms with Crippen LogP contribution in [0.5, 0.6) is 5.75 Å². The van der Waals surface area contributed by atoms with Crippen molar-refractivity contribution in [3.05, 3.63) is 46.7 Å². The Bertz CT molecular complexity index is 527. The molecule has 5 heteroatoms. The largest absolute Gasteiger partial charge is 0.489 e. The number of rotatable bonds is 6. The summed E-state index contributed by atoms with van der Waals surface area (Å²) >= 11 is 3.43. The minimum Gasteiger partial charge on any atom is -0.489 e. The molecule has 0 amide bonds. The van der Waals surface area contributed by atoms with Gasteiger partial charge in [-0.3, -0.25) is 4.68 Å². The number of nitrogens with zero attached hydrogens (tertiary/aromatic N) is 2. The number of halogens is 1. The van der Waals surface area contributed by atoms with E-state index in [4.69, 9.17) is 4.74 Å². The van der Waals surface area contributed by atoms with Crippen LogP contribution in [0.1, 0.15) is 12.6 Å². The van der Waals surface area contributed by atoms with E-state index in [2.05, 4.69) is 33.3 Å². The molecule has 1 atom stereocenters. The van der Waals surface area contributed by atoms with Crippen LogP contribution in [0.15, 0.2) is 41.0 Å². The van der Waals surface area contributed by atoms with Gasteiger partial charge in [0.1, 0.15) is 11.9 Å². The van der Waals surface area contributed by atoms with Gasteiger partial charge >= 0.3 is 0 Å². The van der Waals surface area contributed by atoms with E-state index in [1.165, 1.54) is 0 Å². The summed E-state index contributed by atoms with van der Waals surface area (Å²) in [7, 11) is 1.94. The molecule has 0 spiro atoms. The standard InChI is InChI=1S/C14H18BrN3O/c1-11(19-14-5-3-4-12(15)8-14)9-16-10-13-6-7-17-18(13)2/h3-8,11,16H,9-10H2,1-2H3/t11-/m1/s1. The molecular weight excluding hydrogens is 306 g/mol. The van der Waals surface area contributed by atoms with Crippen molar-refractivity contribution < 1.29 is 4.74 Å². The summed E-state index contributed by atoms with van der Waals surface area (Å²) in [5.74, 6) is 0.879. The third-order valence-electron chi connectivity index (χ3n) is 2.79. The first-order valence-electron chi connectivity index (χ1n) is 6.25. The molecule has 0 saturated carbocycles. The minimum absolute atomic E-state index is 0.113. The maximum absolute atomic E-state index is 5.83. The first kappa shape index (κ1) is 14.1. The first-order valence-corrected chi connectivity index (χ1v) is 7.04. The van der Waals surface area contributed by atoms with Gasteiger partial charge in [0.2, 0.25) is 0 Å². The molecule has 2 aromatic rings. The smallest absolute Gasteiger partial charge is 0.120 e. The average molecular weight is 324 g/mol. The molecule has 102 valence electrons. The summed E-state index contributed by atoms with van der Waals surface area (Å²) in [5, 5.41) is 7.50. The molecule has 19 heavy (non-hydrogen) atoms. The van der Waals surface area contributed by atoms with Gasteiger partial charge in [0.05, 0.1) is 5.69 Å². The highest BCUT2D eigenvalue weighted by atomic mass is 79.9. The lowest BCUT2D eigenvalue weighted by atomic mass is 10.3. The fourth-order valence-electron chi connectivity index (χ4n) is 1.79. The molecule has 2 rings (SSSR count). The number of benzene rings is 1. The predicted molar refractivity (Wildman–Crippen MR) is 79.1 cm³/mol. The Morgan fingerprint density at radius 2 is 2.26 bits per heavy atom. The van der Waals surface area contributed by atoms with Crippen molar-refractivity contribution in [1.29, 1.82) is 0 Å². The van der Waals surface area contributed by atoms with Crippen LogP contribution in [0.4, 0.5) is 0 Å². The van der Waals surface area contributed by atoms with Crippen LogP contribution in [0.2, 0.25) is 0 Å². The van der Waals surface area contributed by atoms with Crippen LogP contribution < -0.4 is 10.1 Å². The van der Waals surface area contributed by atoms with Crippen molar-refractivity contribution in [3.63, 3.8) is 0 Å².